The molecule has 1 aromatic heterocycles. The summed E-state index contributed by atoms with van der Waals surface area (Å²) in [4.78, 5) is 23.2. The Bertz CT molecular complexity index is 788. The topological polar surface area (TPSA) is 86.0 Å². The molecule has 0 fully saturated rings. The van der Waals surface area contributed by atoms with Crippen LogP contribution in [0.1, 0.15) is 26.7 Å². The largest absolute Gasteiger partial charge is 0.508 e. The molecular weight excluding hydrogens is 300 g/mol. The van der Waals surface area contributed by atoms with Crippen molar-refractivity contribution in [3.05, 3.63) is 40.8 Å². The van der Waals surface area contributed by atoms with Gasteiger partial charge in [-0.3, -0.25) is 4.79 Å². The molecule has 0 aliphatic carbocycles. The van der Waals surface area contributed by atoms with Gasteiger partial charge in [-0.1, -0.05) is 19.1 Å². The molecule has 0 unspecified atom stereocenters. The van der Waals surface area contributed by atoms with E-state index in [-0.39, 0.29) is 22.8 Å². The number of carbonyl (C=O) groups excluding carboxylic acids is 1. The maximum Gasteiger partial charge on any atom is 0.383 e. The molecule has 2 aromatic rings. The number of fused-ring (bicyclic) bond motifs is 1. The molecule has 0 saturated carbocycles. The van der Waals surface area contributed by atoms with Gasteiger partial charge in [0, 0.05) is 13.0 Å². The van der Waals surface area contributed by atoms with E-state index >= 15 is 0 Å². The number of benzene rings is 1. The van der Waals surface area contributed by atoms with Crippen molar-refractivity contribution in [2.75, 3.05) is 6.61 Å². The van der Waals surface area contributed by atoms with E-state index in [0.717, 1.165) is 6.42 Å². The van der Waals surface area contributed by atoms with Crippen LogP contribution in [0.5, 0.6) is 17.2 Å². The van der Waals surface area contributed by atoms with E-state index in [1.165, 1.54) is 25.1 Å². The summed E-state index contributed by atoms with van der Waals surface area (Å²) in [6.07, 6.45) is 5.54. The first kappa shape index (κ1) is 16.6. The molecule has 0 atom stereocenters. The highest BCUT2D eigenvalue weighted by Gasteiger charge is 2.19. The molecule has 1 N–H and O–H groups in total. The molecule has 0 saturated heterocycles. The summed E-state index contributed by atoms with van der Waals surface area (Å²) in [6, 6.07) is 4.28. The molecular formula is C17H18O6. The monoisotopic (exact) mass is 318 g/mol. The van der Waals surface area contributed by atoms with Gasteiger partial charge in [-0.05, 0) is 25.0 Å². The number of phenolic OH excluding ortho intramolecular Hbond substituents is 1. The zero-order valence-electron chi connectivity index (χ0n) is 13.0. The molecule has 6 heteroatoms. The third-order valence-electron chi connectivity index (χ3n) is 2.98. The number of esters is 1. The predicted octanol–water partition coefficient (Wildman–Crippen LogP) is 3.16. The lowest BCUT2D eigenvalue weighted by molar-refractivity contribution is -0.132. The molecule has 23 heavy (non-hydrogen) atoms. The molecule has 0 radical (unpaired) electrons. The lowest BCUT2D eigenvalue weighted by Gasteiger charge is -2.11. The number of aromatic hydroxyl groups is 1. The molecule has 0 aliphatic rings. The molecule has 122 valence electrons. The Morgan fingerprint density at radius 2 is 2.09 bits per heavy atom. The van der Waals surface area contributed by atoms with E-state index in [1.807, 2.05) is 19.1 Å². The Hall–Kier alpha value is -2.76. The smallest absolute Gasteiger partial charge is 0.383 e. The van der Waals surface area contributed by atoms with Gasteiger partial charge in [-0.2, -0.15) is 0 Å². The van der Waals surface area contributed by atoms with Crippen molar-refractivity contribution in [1.29, 1.82) is 0 Å². The SMILES string of the molecule is CC/C=C/CCOc1c(OC(C)=O)c(=O)oc2cc(O)ccc12. The van der Waals surface area contributed by atoms with E-state index in [1.54, 1.807) is 0 Å². The molecule has 0 bridgehead atoms. The van der Waals surface area contributed by atoms with Crippen LogP contribution in [0.3, 0.4) is 0 Å². The zero-order chi connectivity index (χ0) is 16.8. The highest BCUT2D eigenvalue weighted by Crippen LogP contribution is 2.34. The zero-order valence-corrected chi connectivity index (χ0v) is 13.0. The van der Waals surface area contributed by atoms with Crippen LogP contribution in [0.25, 0.3) is 11.0 Å². The molecule has 0 amide bonds. The molecule has 0 aliphatic heterocycles. The highest BCUT2D eigenvalue weighted by atomic mass is 16.6. The molecule has 0 spiro atoms. The lowest BCUT2D eigenvalue weighted by atomic mass is 10.2. The highest BCUT2D eigenvalue weighted by molar-refractivity contribution is 5.87. The second kappa shape index (κ2) is 7.49. The fourth-order valence-electron chi connectivity index (χ4n) is 2.03. The second-order valence-electron chi connectivity index (χ2n) is 4.84. The Kier molecular flexibility index (Phi) is 5.41. The van der Waals surface area contributed by atoms with Crippen LogP contribution in [0.15, 0.2) is 39.6 Å². The maximum absolute atomic E-state index is 12.0. The van der Waals surface area contributed by atoms with Crippen LogP contribution in [-0.4, -0.2) is 17.7 Å². The predicted molar refractivity (Wildman–Crippen MR) is 85.0 cm³/mol. The molecule has 1 heterocycles. The summed E-state index contributed by atoms with van der Waals surface area (Å²) in [5.74, 6) is -0.838. The average molecular weight is 318 g/mol. The molecule has 2 rings (SSSR count). The van der Waals surface area contributed by atoms with Crippen LogP contribution in [0.2, 0.25) is 0 Å². The Balaban J connectivity index is 2.44. The van der Waals surface area contributed by atoms with E-state index in [9.17, 15) is 14.7 Å². The van der Waals surface area contributed by atoms with Crippen molar-refractivity contribution in [3.8, 4) is 17.2 Å². The number of hydrogen-bond acceptors (Lipinski definition) is 6. The van der Waals surface area contributed by atoms with E-state index in [4.69, 9.17) is 13.9 Å². The van der Waals surface area contributed by atoms with Gasteiger partial charge < -0.3 is 19.0 Å². The molecule has 1 aromatic carbocycles. The van der Waals surface area contributed by atoms with Crippen molar-refractivity contribution in [3.63, 3.8) is 0 Å². The van der Waals surface area contributed by atoms with Gasteiger partial charge in [-0.25, -0.2) is 4.79 Å². The summed E-state index contributed by atoms with van der Waals surface area (Å²) in [7, 11) is 0. The Morgan fingerprint density at radius 3 is 2.78 bits per heavy atom. The van der Waals surface area contributed by atoms with Gasteiger partial charge in [0.1, 0.15) is 11.3 Å². The van der Waals surface area contributed by atoms with Crippen molar-refractivity contribution in [2.45, 2.75) is 26.7 Å². The van der Waals surface area contributed by atoms with Crippen LogP contribution >= 0.6 is 0 Å². The normalized spacial score (nSPS) is 11.0. The number of phenols is 1. The van der Waals surface area contributed by atoms with E-state index in [0.29, 0.717) is 18.4 Å². The first-order chi connectivity index (χ1) is 11.0. The first-order valence-electron chi connectivity index (χ1n) is 7.29. The van der Waals surface area contributed by atoms with Crippen LogP contribution < -0.4 is 15.1 Å². The van der Waals surface area contributed by atoms with Crippen molar-refractivity contribution < 1.29 is 23.8 Å². The number of rotatable bonds is 6. The van der Waals surface area contributed by atoms with E-state index in [2.05, 4.69) is 0 Å². The fourth-order valence-corrected chi connectivity index (χ4v) is 2.03. The van der Waals surface area contributed by atoms with Crippen molar-refractivity contribution in [2.24, 2.45) is 0 Å². The third kappa shape index (κ3) is 4.12. The van der Waals surface area contributed by atoms with Gasteiger partial charge in [0.2, 0.25) is 0 Å². The van der Waals surface area contributed by atoms with Gasteiger partial charge in [0.15, 0.2) is 5.75 Å². The standard InChI is InChI=1S/C17H18O6/c1-3-4-5-6-9-21-15-13-8-7-12(19)10-14(13)23-17(20)16(15)22-11(2)18/h4-5,7-8,10,19H,3,6,9H2,1-2H3/b5-4+. The minimum atomic E-state index is -0.836. The van der Waals surface area contributed by atoms with Gasteiger partial charge in [-0.15, -0.1) is 0 Å². The van der Waals surface area contributed by atoms with Crippen LogP contribution in [0, 0.1) is 0 Å². The number of allylic oxidation sites excluding steroid dienone is 1. The summed E-state index contributed by atoms with van der Waals surface area (Å²) < 4.78 is 15.7. The second-order valence-corrected chi connectivity index (χ2v) is 4.84. The Labute approximate surface area is 132 Å². The summed E-state index contributed by atoms with van der Waals surface area (Å²) in [5, 5.41) is 9.95. The summed E-state index contributed by atoms with van der Waals surface area (Å²) in [5.41, 5.74) is -0.678. The first-order valence-corrected chi connectivity index (χ1v) is 7.29. The van der Waals surface area contributed by atoms with Gasteiger partial charge >= 0.3 is 11.6 Å². The third-order valence-corrected chi connectivity index (χ3v) is 2.98. The van der Waals surface area contributed by atoms with Gasteiger partial charge in [0.25, 0.3) is 5.75 Å². The number of hydrogen-bond donors (Lipinski definition) is 1. The van der Waals surface area contributed by atoms with Crippen LogP contribution in [0.4, 0.5) is 0 Å². The fraction of sp³-hybridized carbons (Fsp3) is 0.294. The van der Waals surface area contributed by atoms with E-state index < -0.39 is 11.6 Å². The van der Waals surface area contributed by atoms with Gasteiger partial charge in [0.05, 0.1) is 12.0 Å². The summed E-state index contributed by atoms with van der Waals surface area (Å²) >= 11 is 0. The minimum absolute atomic E-state index is 0.0438. The Morgan fingerprint density at radius 1 is 1.30 bits per heavy atom. The number of carbonyl (C=O) groups is 1. The van der Waals surface area contributed by atoms with Crippen molar-refractivity contribution in [1.82, 2.24) is 0 Å². The average Bonchev–Trinajstić information content (AvgIpc) is 2.49. The minimum Gasteiger partial charge on any atom is -0.508 e. The lowest BCUT2D eigenvalue weighted by Crippen LogP contribution is -2.13. The summed E-state index contributed by atoms with van der Waals surface area (Å²) in [6.45, 7) is 3.52. The maximum atomic E-state index is 12.0. The van der Waals surface area contributed by atoms with Crippen LogP contribution in [-0.2, 0) is 4.79 Å². The van der Waals surface area contributed by atoms with Crippen molar-refractivity contribution >= 4 is 16.9 Å². The quantitative estimate of drug-likeness (QED) is 0.381. The number of ether oxygens (including phenoxy) is 2. The molecule has 6 nitrogen and oxygen atoms in total.